The number of rotatable bonds is 5. The highest BCUT2D eigenvalue weighted by atomic mass is 19.4. The highest BCUT2D eigenvalue weighted by molar-refractivity contribution is 5.19. The molecule has 0 aliphatic carbocycles. The summed E-state index contributed by atoms with van der Waals surface area (Å²) in [5, 5.41) is 4.03. The number of hydrazine groups is 1. The van der Waals surface area contributed by atoms with Crippen LogP contribution in [0.4, 0.5) is 13.2 Å². The zero-order valence-corrected chi connectivity index (χ0v) is 11.3. The molecule has 2 aromatic rings. The first-order chi connectivity index (χ1) is 9.95. The average Bonchev–Trinajstić information content (AvgIpc) is 2.91. The van der Waals surface area contributed by atoms with Crippen LogP contribution < -0.4 is 11.3 Å². The number of hydrogen-bond acceptors (Lipinski definition) is 5. The van der Waals surface area contributed by atoms with Gasteiger partial charge in [0.1, 0.15) is 12.2 Å². The lowest BCUT2D eigenvalue weighted by Crippen LogP contribution is -2.31. The molecule has 0 aliphatic heterocycles. The fourth-order valence-electron chi connectivity index (χ4n) is 1.92. The van der Waals surface area contributed by atoms with Crippen molar-refractivity contribution in [1.82, 2.24) is 25.2 Å². The third kappa shape index (κ3) is 3.56. The molecule has 114 valence electrons. The third-order valence-corrected chi connectivity index (χ3v) is 3.05. The van der Waals surface area contributed by atoms with Crippen LogP contribution in [0.5, 0.6) is 0 Å². The van der Waals surface area contributed by atoms with Crippen LogP contribution in [-0.4, -0.2) is 19.7 Å². The summed E-state index contributed by atoms with van der Waals surface area (Å²) in [7, 11) is 0. The molecule has 3 N–H and O–H groups in total. The topological polar surface area (TPSA) is 81.7 Å². The molecule has 0 fully saturated rings. The number of hydrogen-bond donors (Lipinski definition) is 2. The summed E-state index contributed by atoms with van der Waals surface area (Å²) in [6.07, 6.45) is -1.81. The molecular formula is C12H15F3N6. The fraction of sp³-hybridized carbons (Fsp3) is 0.417. The SMILES string of the molecule is CCn1ncnc1CC(NN)c1ccc(C(F)(F)F)cn1. The van der Waals surface area contributed by atoms with E-state index in [1.165, 1.54) is 12.4 Å². The molecular weight excluding hydrogens is 285 g/mol. The number of aryl methyl sites for hydroxylation is 1. The van der Waals surface area contributed by atoms with Gasteiger partial charge in [0.05, 0.1) is 17.3 Å². The van der Waals surface area contributed by atoms with Gasteiger partial charge in [0.15, 0.2) is 0 Å². The van der Waals surface area contributed by atoms with Crippen LogP contribution in [0.3, 0.4) is 0 Å². The molecule has 0 amide bonds. The Kier molecular flexibility index (Phi) is 4.53. The van der Waals surface area contributed by atoms with Crippen LogP contribution in [0, 0.1) is 0 Å². The summed E-state index contributed by atoms with van der Waals surface area (Å²) < 4.78 is 39.2. The van der Waals surface area contributed by atoms with Gasteiger partial charge in [-0.1, -0.05) is 0 Å². The van der Waals surface area contributed by atoms with Gasteiger partial charge in [0.2, 0.25) is 0 Å². The summed E-state index contributed by atoms with van der Waals surface area (Å²) in [5.41, 5.74) is 2.16. The first-order valence-electron chi connectivity index (χ1n) is 6.31. The van der Waals surface area contributed by atoms with Gasteiger partial charge in [-0.15, -0.1) is 0 Å². The van der Waals surface area contributed by atoms with Gasteiger partial charge in [-0.3, -0.25) is 20.9 Å². The Hall–Kier alpha value is -2.00. The van der Waals surface area contributed by atoms with Crippen LogP contribution in [0.25, 0.3) is 0 Å². The molecule has 21 heavy (non-hydrogen) atoms. The van der Waals surface area contributed by atoms with Crippen LogP contribution in [0.1, 0.15) is 30.0 Å². The monoisotopic (exact) mass is 300 g/mol. The minimum Gasteiger partial charge on any atom is -0.271 e. The average molecular weight is 300 g/mol. The Labute approximate surface area is 119 Å². The van der Waals surface area contributed by atoms with Crippen LogP contribution in [-0.2, 0) is 19.1 Å². The molecule has 0 aromatic carbocycles. The molecule has 0 spiro atoms. The van der Waals surface area contributed by atoms with E-state index in [1.807, 2.05) is 6.92 Å². The van der Waals surface area contributed by atoms with Gasteiger partial charge < -0.3 is 0 Å². The smallest absolute Gasteiger partial charge is 0.271 e. The maximum atomic E-state index is 12.5. The Morgan fingerprint density at radius 2 is 2.10 bits per heavy atom. The minimum atomic E-state index is -4.40. The van der Waals surface area contributed by atoms with Gasteiger partial charge in [-0.2, -0.15) is 18.3 Å². The highest BCUT2D eigenvalue weighted by Crippen LogP contribution is 2.29. The predicted octanol–water partition coefficient (Wildman–Crippen LogP) is 1.46. The van der Waals surface area contributed by atoms with Gasteiger partial charge in [0.25, 0.3) is 0 Å². The molecule has 1 unspecified atom stereocenters. The molecule has 1 atom stereocenters. The Morgan fingerprint density at radius 1 is 1.33 bits per heavy atom. The summed E-state index contributed by atoms with van der Waals surface area (Å²) in [6.45, 7) is 2.56. The molecule has 0 saturated heterocycles. The summed E-state index contributed by atoms with van der Waals surface area (Å²) >= 11 is 0. The zero-order chi connectivity index (χ0) is 15.5. The fourth-order valence-corrected chi connectivity index (χ4v) is 1.92. The van der Waals surface area contributed by atoms with E-state index < -0.39 is 17.8 Å². The zero-order valence-electron chi connectivity index (χ0n) is 11.3. The van der Waals surface area contributed by atoms with Crippen LogP contribution in [0.15, 0.2) is 24.7 Å². The Morgan fingerprint density at radius 3 is 2.62 bits per heavy atom. The molecule has 0 aliphatic rings. The highest BCUT2D eigenvalue weighted by Gasteiger charge is 2.31. The number of aromatic nitrogens is 4. The van der Waals surface area contributed by atoms with Crippen molar-refractivity contribution in [2.75, 3.05) is 0 Å². The van der Waals surface area contributed by atoms with E-state index in [-0.39, 0.29) is 0 Å². The largest absolute Gasteiger partial charge is 0.417 e. The van der Waals surface area contributed by atoms with Crippen molar-refractivity contribution in [3.63, 3.8) is 0 Å². The van der Waals surface area contributed by atoms with E-state index in [2.05, 4.69) is 20.5 Å². The van der Waals surface area contributed by atoms with Crippen molar-refractivity contribution < 1.29 is 13.2 Å². The Bertz CT molecular complexity index is 577. The normalized spacial score (nSPS) is 13.4. The lowest BCUT2D eigenvalue weighted by atomic mass is 10.1. The molecule has 0 saturated carbocycles. The van der Waals surface area contributed by atoms with Crippen molar-refractivity contribution >= 4 is 0 Å². The minimum absolute atomic E-state index is 0.378. The van der Waals surface area contributed by atoms with Crippen LogP contribution in [0.2, 0.25) is 0 Å². The first-order valence-corrected chi connectivity index (χ1v) is 6.31. The second-order valence-corrected chi connectivity index (χ2v) is 4.38. The van der Waals surface area contributed by atoms with E-state index in [0.29, 0.717) is 24.5 Å². The molecule has 0 bridgehead atoms. The third-order valence-electron chi connectivity index (χ3n) is 3.05. The van der Waals surface area contributed by atoms with Crippen molar-refractivity contribution in [2.45, 2.75) is 32.1 Å². The molecule has 2 heterocycles. The second-order valence-electron chi connectivity index (χ2n) is 4.38. The number of nitrogens with two attached hydrogens (primary N) is 1. The number of nitrogens with zero attached hydrogens (tertiary/aromatic N) is 4. The summed E-state index contributed by atoms with van der Waals surface area (Å²) in [5.74, 6) is 6.15. The van der Waals surface area contributed by atoms with E-state index in [9.17, 15) is 13.2 Å². The van der Waals surface area contributed by atoms with Gasteiger partial charge in [-0.05, 0) is 19.1 Å². The standard InChI is InChI=1S/C12H15F3N6/c1-2-21-11(18-7-19-21)5-10(20-16)9-4-3-8(6-17-9)12(13,14)15/h3-4,6-7,10,20H,2,5,16H2,1H3. The lowest BCUT2D eigenvalue weighted by Gasteiger charge is -2.16. The first kappa shape index (κ1) is 15.4. The molecule has 9 heteroatoms. The number of alkyl halides is 3. The van der Waals surface area contributed by atoms with E-state index in [1.54, 1.807) is 4.68 Å². The summed E-state index contributed by atoms with van der Waals surface area (Å²) in [4.78, 5) is 7.94. The molecule has 2 aromatic heterocycles. The lowest BCUT2D eigenvalue weighted by molar-refractivity contribution is -0.137. The van der Waals surface area contributed by atoms with Crippen molar-refractivity contribution in [3.8, 4) is 0 Å². The number of halogens is 3. The van der Waals surface area contributed by atoms with E-state index in [4.69, 9.17) is 5.84 Å². The number of pyridine rings is 1. The maximum Gasteiger partial charge on any atom is 0.417 e. The molecule has 2 rings (SSSR count). The van der Waals surface area contributed by atoms with Gasteiger partial charge in [0, 0.05) is 19.2 Å². The van der Waals surface area contributed by atoms with Gasteiger partial charge in [-0.25, -0.2) is 4.98 Å². The van der Waals surface area contributed by atoms with Crippen LogP contribution >= 0.6 is 0 Å². The predicted molar refractivity (Wildman–Crippen MR) is 68.7 cm³/mol. The second kappa shape index (κ2) is 6.19. The van der Waals surface area contributed by atoms with Gasteiger partial charge >= 0.3 is 6.18 Å². The molecule has 0 radical (unpaired) electrons. The van der Waals surface area contributed by atoms with E-state index in [0.717, 1.165) is 12.3 Å². The number of nitrogens with one attached hydrogen (secondary N) is 1. The maximum absolute atomic E-state index is 12.5. The van der Waals surface area contributed by atoms with Crippen molar-refractivity contribution in [2.24, 2.45) is 5.84 Å². The molecule has 6 nitrogen and oxygen atoms in total. The van der Waals surface area contributed by atoms with Crippen molar-refractivity contribution in [3.05, 3.63) is 41.7 Å². The summed E-state index contributed by atoms with van der Waals surface area (Å²) in [6, 6.07) is 1.85. The van der Waals surface area contributed by atoms with Crippen molar-refractivity contribution in [1.29, 1.82) is 0 Å². The quantitative estimate of drug-likeness (QED) is 0.645. The van der Waals surface area contributed by atoms with E-state index >= 15 is 0 Å². The Balaban J connectivity index is 2.18.